The fourth-order valence-corrected chi connectivity index (χ4v) is 4.94. The van der Waals surface area contributed by atoms with Gasteiger partial charge in [-0.05, 0) is 69.9 Å². The molecular weight excluding hydrogens is 827 g/mol. The number of hydrogen-bond acceptors (Lipinski definition) is 4. The summed E-state index contributed by atoms with van der Waals surface area (Å²) in [5.74, 6) is 0.847. The van der Waals surface area contributed by atoms with E-state index in [1.165, 1.54) is 70.0 Å². The highest BCUT2D eigenvalue weighted by Gasteiger charge is 2.16. The standard InChI is InChI=1S/C8H10.C6H6.C6H14.C5H11N.C4H8O2S.C4H4O.2C3H8.11C2H6/c1-2-8-6-4-3-5-7-8;1-2-4-6-5-3-1;1-3-5-6-4-2;1-6-4-2-3-5-6;5-7(6)3-1-2-4-7;1-2-4-5-3-1;2*1-3-2;11*1-2/h3-7H,2H2,1H3;1-6H;3-6H2,1-2H3;2-5H2,1H3;1-4H2;1-4H;2*3H2,1-2H3;11*1-2H3. The topological polar surface area (TPSA) is 50.5 Å². The lowest BCUT2D eigenvalue weighted by molar-refractivity contribution is 0.418. The molecule has 2 aromatic carbocycles. The minimum Gasteiger partial charge on any atom is -0.473 e. The van der Waals surface area contributed by atoms with Crippen LogP contribution in [0.15, 0.2) is 95.8 Å². The van der Waals surface area contributed by atoms with Crippen LogP contribution in [0.4, 0.5) is 0 Å². The number of nitrogens with zero attached hydrogens (tertiary/aromatic N) is 1. The van der Waals surface area contributed by atoms with Gasteiger partial charge in [-0.25, -0.2) is 8.42 Å². The van der Waals surface area contributed by atoms with Gasteiger partial charge >= 0.3 is 0 Å². The first-order chi connectivity index (χ1) is 32.3. The second kappa shape index (κ2) is 144. The average Bonchev–Trinajstić information content (AvgIpc) is 4.26. The van der Waals surface area contributed by atoms with E-state index in [2.05, 4.69) is 89.1 Å². The summed E-state index contributed by atoms with van der Waals surface area (Å²) in [5.41, 5.74) is 1.41. The van der Waals surface area contributed by atoms with Gasteiger partial charge in [-0.15, -0.1) is 0 Å². The lowest BCUT2D eigenvalue weighted by Gasteiger charge is -2.01. The fraction of sp³-hybridized carbons (Fsp3) is 0.738. The summed E-state index contributed by atoms with van der Waals surface area (Å²) in [6.07, 6.45) is 17.0. The lowest BCUT2D eigenvalue weighted by atomic mass is 10.2. The summed E-state index contributed by atoms with van der Waals surface area (Å²) < 4.78 is 25.4. The third kappa shape index (κ3) is 160. The van der Waals surface area contributed by atoms with E-state index in [0.29, 0.717) is 11.5 Å². The zero-order chi connectivity index (χ0) is 55.6. The van der Waals surface area contributed by atoms with Crippen LogP contribution in [0, 0.1) is 0 Å². The molecule has 0 spiro atoms. The largest absolute Gasteiger partial charge is 0.473 e. The predicted octanol–water partition coefficient (Wildman–Crippen LogP) is 22.8. The SMILES string of the molecule is CC.CC.CC.CC.CC.CC.CC.CC.CC.CC.CC.CCC.CCC.CCCCCC.CCc1ccccc1.CN1CCCC1.O=S1(=O)CCCC1.c1ccccc1.c1ccoc1. The van der Waals surface area contributed by atoms with Gasteiger partial charge in [-0.1, -0.05) is 306 Å². The van der Waals surface area contributed by atoms with Crippen LogP contribution in [0.5, 0.6) is 0 Å². The zero-order valence-corrected chi connectivity index (χ0v) is 52.7. The molecule has 2 saturated heterocycles. The van der Waals surface area contributed by atoms with Gasteiger partial charge in [0, 0.05) is 0 Å². The molecule has 5 heteroatoms. The van der Waals surface area contributed by atoms with E-state index in [4.69, 9.17) is 0 Å². The second-order valence-corrected chi connectivity index (χ2v) is 13.1. The van der Waals surface area contributed by atoms with Gasteiger partial charge in [0.1, 0.15) is 9.84 Å². The Bertz CT molecular complexity index is 881. The van der Waals surface area contributed by atoms with E-state index in [0.717, 1.165) is 19.3 Å². The normalized spacial score (nSPS) is 10.1. The van der Waals surface area contributed by atoms with Crippen molar-refractivity contribution in [3.63, 3.8) is 0 Å². The molecule has 3 heterocycles. The maximum absolute atomic E-state index is 10.4. The molecule has 2 aliphatic rings. The minimum absolute atomic E-state index is 0.424. The van der Waals surface area contributed by atoms with E-state index in [9.17, 15) is 8.42 Å². The number of benzene rings is 2. The van der Waals surface area contributed by atoms with Gasteiger partial charge in [-0.2, -0.15) is 0 Å². The van der Waals surface area contributed by atoms with Crippen LogP contribution in [0.25, 0.3) is 0 Å². The average molecular weight is 963 g/mol. The molecule has 408 valence electrons. The summed E-state index contributed by atoms with van der Waals surface area (Å²) in [6.45, 7) is 61.8. The second-order valence-electron chi connectivity index (χ2n) is 10.8. The van der Waals surface area contributed by atoms with Gasteiger partial charge in [0.2, 0.25) is 0 Å². The Hall–Kier alpha value is -2.37. The molecule has 3 aromatic rings. The summed E-state index contributed by atoms with van der Waals surface area (Å²) >= 11 is 0. The molecule has 66 heavy (non-hydrogen) atoms. The molecule has 2 aliphatic heterocycles. The Balaban J connectivity index is -0.0000000371. The molecule has 0 saturated carbocycles. The van der Waals surface area contributed by atoms with Gasteiger partial charge in [0.25, 0.3) is 0 Å². The minimum atomic E-state index is -2.55. The van der Waals surface area contributed by atoms with E-state index in [-0.39, 0.29) is 0 Å². The van der Waals surface area contributed by atoms with Crippen molar-refractivity contribution in [1.29, 1.82) is 0 Å². The number of likely N-dealkylation sites (tertiary alicyclic amines) is 1. The monoisotopic (exact) mass is 962 g/mol. The molecular formula is C61H135NO3S. The number of rotatable bonds is 4. The molecule has 0 aliphatic carbocycles. The maximum atomic E-state index is 10.4. The molecule has 2 fully saturated rings. The highest BCUT2D eigenvalue weighted by Crippen LogP contribution is 2.08. The van der Waals surface area contributed by atoms with Gasteiger partial charge < -0.3 is 9.32 Å². The van der Waals surface area contributed by atoms with Gasteiger partial charge in [-0.3, -0.25) is 0 Å². The third-order valence-corrected chi connectivity index (χ3v) is 7.61. The van der Waals surface area contributed by atoms with Crippen LogP contribution in [0.3, 0.4) is 0 Å². The zero-order valence-electron chi connectivity index (χ0n) is 51.8. The van der Waals surface area contributed by atoms with Crippen molar-refractivity contribution in [1.82, 2.24) is 4.90 Å². The quantitative estimate of drug-likeness (QED) is 0.245. The van der Waals surface area contributed by atoms with Crippen molar-refractivity contribution < 1.29 is 12.8 Å². The van der Waals surface area contributed by atoms with Gasteiger partial charge in [0.15, 0.2) is 0 Å². The third-order valence-electron chi connectivity index (χ3n) is 5.79. The number of sulfone groups is 1. The van der Waals surface area contributed by atoms with Crippen molar-refractivity contribution >= 4 is 9.84 Å². The Labute approximate surface area is 425 Å². The number of unbranched alkanes of at least 4 members (excludes halogenated alkanes) is 3. The van der Waals surface area contributed by atoms with Crippen molar-refractivity contribution in [2.75, 3.05) is 31.6 Å². The lowest BCUT2D eigenvalue weighted by Crippen LogP contribution is -2.10. The molecule has 0 N–H and O–H groups in total. The number of furan rings is 1. The van der Waals surface area contributed by atoms with E-state index < -0.39 is 9.84 Å². The molecule has 4 nitrogen and oxygen atoms in total. The Morgan fingerprint density at radius 3 is 0.773 bits per heavy atom. The van der Waals surface area contributed by atoms with Crippen LogP contribution in [-0.2, 0) is 16.3 Å². The highest BCUT2D eigenvalue weighted by atomic mass is 32.2. The summed E-state index contributed by atoms with van der Waals surface area (Å²) in [7, 11) is -0.373. The molecule has 0 unspecified atom stereocenters. The fourth-order valence-electron chi connectivity index (χ4n) is 3.45. The Morgan fingerprint density at radius 1 is 0.409 bits per heavy atom. The molecule has 0 bridgehead atoms. The molecule has 0 atom stereocenters. The van der Waals surface area contributed by atoms with Crippen molar-refractivity contribution in [2.24, 2.45) is 0 Å². The van der Waals surface area contributed by atoms with Crippen molar-refractivity contribution in [3.05, 3.63) is 97.0 Å². The van der Waals surface area contributed by atoms with E-state index >= 15 is 0 Å². The Kier molecular flexibility index (Phi) is 221. The molecule has 5 rings (SSSR count). The highest BCUT2D eigenvalue weighted by molar-refractivity contribution is 7.91. The first kappa shape index (κ1) is 101. The van der Waals surface area contributed by atoms with E-state index in [1.807, 2.05) is 207 Å². The van der Waals surface area contributed by atoms with Crippen molar-refractivity contribution in [3.8, 4) is 0 Å². The van der Waals surface area contributed by atoms with Crippen LogP contribution >= 0.6 is 0 Å². The smallest absolute Gasteiger partial charge is 0.150 e. The van der Waals surface area contributed by atoms with Crippen LogP contribution in [0.1, 0.15) is 271 Å². The van der Waals surface area contributed by atoms with Crippen LogP contribution < -0.4 is 0 Å². The Morgan fingerprint density at radius 2 is 0.652 bits per heavy atom. The summed E-state index contributed by atoms with van der Waals surface area (Å²) in [4.78, 5) is 2.36. The van der Waals surface area contributed by atoms with Crippen LogP contribution in [-0.4, -0.2) is 45.0 Å². The number of hydrogen-bond donors (Lipinski definition) is 0. The first-order valence-electron chi connectivity index (χ1n) is 28.2. The summed E-state index contributed by atoms with van der Waals surface area (Å²) in [5, 5.41) is 0. The van der Waals surface area contributed by atoms with Crippen LogP contribution in [0.2, 0.25) is 0 Å². The molecule has 0 radical (unpaired) electrons. The predicted molar refractivity (Wildman–Crippen MR) is 322 cm³/mol. The maximum Gasteiger partial charge on any atom is 0.150 e. The first-order valence-corrected chi connectivity index (χ1v) is 30.0. The number of aryl methyl sites for hydroxylation is 1. The van der Waals surface area contributed by atoms with E-state index in [1.54, 1.807) is 12.5 Å². The summed E-state index contributed by atoms with van der Waals surface area (Å²) in [6, 6.07) is 26.1. The molecule has 0 amide bonds. The van der Waals surface area contributed by atoms with Gasteiger partial charge in [0.05, 0.1) is 24.0 Å². The van der Waals surface area contributed by atoms with Crippen molar-refractivity contribution in [2.45, 2.75) is 271 Å². The molecule has 1 aromatic heterocycles.